The van der Waals surface area contributed by atoms with Gasteiger partial charge in [0.15, 0.2) is 0 Å². The predicted molar refractivity (Wildman–Crippen MR) is 252 cm³/mol. The van der Waals surface area contributed by atoms with E-state index in [0.29, 0.717) is 3.63 Å². The van der Waals surface area contributed by atoms with Crippen molar-refractivity contribution in [3.8, 4) is 33.4 Å². The second kappa shape index (κ2) is 18.4. The number of benzene rings is 7. The van der Waals surface area contributed by atoms with Crippen LogP contribution in [0.25, 0.3) is 39.5 Å². The van der Waals surface area contributed by atoms with Crippen molar-refractivity contribution in [1.29, 1.82) is 0 Å². The quantitative estimate of drug-likeness (QED) is 0.131. The van der Waals surface area contributed by atoms with E-state index in [2.05, 4.69) is 218 Å². The van der Waals surface area contributed by atoms with Crippen LogP contribution in [-0.4, -0.2) is 5.92 Å². The fourth-order valence-corrected chi connectivity index (χ4v) is 24.4. The number of allylic oxidation sites excluding steroid dienone is 1. The van der Waals surface area contributed by atoms with Crippen LogP contribution in [-0.2, 0) is 33.2 Å². The van der Waals surface area contributed by atoms with Gasteiger partial charge in [-0.15, -0.1) is 0 Å². The number of rotatable bonds is 9. The average Bonchev–Trinajstić information content (AvgIpc) is 3.77. The van der Waals surface area contributed by atoms with Crippen molar-refractivity contribution >= 4 is 22.4 Å². The minimum absolute atomic E-state index is 0. The van der Waals surface area contributed by atoms with Crippen molar-refractivity contribution in [2.75, 3.05) is 0 Å². The van der Waals surface area contributed by atoms with E-state index in [4.69, 9.17) is 0 Å². The Balaban J connectivity index is 0.00000281. The standard InChI is InChI=1S/C45H45.C12H11Si.2ClH.Zr/c1-8-13-33-25-39-36(31-20-18-30(19-21-31)29-14-10-9-11-15-29)16-12-17-37(39)43(33)42-28-35(45(5,6)7)27-41-38-26-34(44(2,3)4)23-22-32(38)24-40(41)42;1-3-7-11(8-4-1)13-12-9-5-2-6-10-12;;;/h9-12,14-28,43H,8,13H2,1-7H3;1-10,13H;2*1H;/q;;;;+2/p-2. The third kappa shape index (κ3) is 8.81. The molecule has 4 heteroatoms. The molecule has 9 rings (SSSR count). The number of halogens is 2. The van der Waals surface area contributed by atoms with Crippen LogP contribution in [0.5, 0.6) is 0 Å². The minimum Gasteiger partial charge on any atom is -1.00 e. The molecule has 2 aliphatic rings. The van der Waals surface area contributed by atoms with Crippen LogP contribution < -0.4 is 35.2 Å². The zero-order valence-electron chi connectivity index (χ0n) is 36.6. The molecule has 0 saturated heterocycles. The van der Waals surface area contributed by atoms with E-state index in [-0.39, 0.29) is 41.6 Å². The normalized spacial score (nSPS) is 15.2. The van der Waals surface area contributed by atoms with E-state index < -0.39 is 28.3 Å². The van der Waals surface area contributed by atoms with Crippen LogP contribution in [0.3, 0.4) is 0 Å². The van der Waals surface area contributed by atoms with Crippen LogP contribution in [0.1, 0.15) is 110 Å². The maximum absolute atomic E-state index is 2.67. The summed E-state index contributed by atoms with van der Waals surface area (Å²) in [5, 5.41) is 3.19. The Morgan fingerprint density at radius 1 is 0.492 bits per heavy atom. The summed E-state index contributed by atoms with van der Waals surface area (Å²) in [6, 6.07) is 63.3. The zero-order chi connectivity index (χ0) is 40.9. The molecule has 0 saturated carbocycles. The largest absolute Gasteiger partial charge is 1.00 e. The summed E-state index contributed by atoms with van der Waals surface area (Å²) < 4.78 is 0.472. The summed E-state index contributed by atoms with van der Waals surface area (Å²) in [6.07, 6.45) is 4.82. The Bertz CT molecular complexity index is 2620. The molecule has 0 N–H and O–H groups in total. The molecule has 0 bridgehead atoms. The molecule has 0 amide bonds. The molecule has 306 valence electrons. The maximum atomic E-state index is 2.67. The summed E-state index contributed by atoms with van der Waals surface area (Å²) in [4.78, 5) is 0. The summed E-state index contributed by atoms with van der Waals surface area (Å²) >= 11 is -1.13. The average molecular weight is 931 g/mol. The molecule has 2 atom stereocenters. The SMILES string of the molecule is CCCC1=Cc2c(-c3ccc(-c4ccccc4)cc3)cccc2C1c1cc(C(C)(C)C)cc2c1[CH]([Zr+2][SiH](c1ccccc1)c1ccccc1)c1ccc(C(C)(C)C)cc1-2.[Cl-].[Cl-]. The van der Waals surface area contributed by atoms with Gasteiger partial charge in [-0.1, -0.05) is 30.3 Å². The van der Waals surface area contributed by atoms with Crippen molar-refractivity contribution in [3.63, 3.8) is 0 Å². The number of hydrogen-bond donors (Lipinski definition) is 0. The van der Waals surface area contributed by atoms with Gasteiger partial charge in [0.25, 0.3) is 0 Å². The maximum Gasteiger partial charge on any atom is -1.00 e. The van der Waals surface area contributed by atoms with E-state index in [0.717, 1.165) is 12.8 Å². The van der Waals surface area contributed by atoms with Crippen molar-refractivity contribution in [1.82, 2.24) is 0 Å². The third-order valence-electron chi connectivity index (χ3n) is 12.8. The Morgan fingerprint density at radius 2 is 1.05 bits per heavy atom. The van der Waals surface area contributed by atoms with Gasteiger partial charge < -0.3 is 24.8 Å². The minimum atomic E-state index is -1.48. The molecule has 7 aromatic rings. The van der Waals surface area contributed by atoms with E-state index in [9.17, 15) is 0 Å². The third-order valence-corrected chi connectivity index (χ3v) is 26.9. The molecule has 61 heavy (non-hydrogen) atoms. The van der Waals surface area contributed by atoms with E-state index in [1.165, 1.54) is 55.6 Å². The van der Waals surface area contributed by atoms with Gasteiger partial charge in [-0.25, -0.2) is 0 Å². The van der Waals surface area contributed by atoms with Gasteiger partial charge in [0, 0.05) is 0 Å². The summed E-state index contributed by atoms with van der Waals surface area (Å²) in [5.41, 5.74) is 20.3. The zero-order valence-corrected chi connectivity index (χ0v) is 41.7. The van der Waals surface area contributed by atoms with Crippen LogP contribution in [0.15, 0.2) is 169 Å². The molecule has 0 aromatic heterocycles. The second-order valence-electron chi connectivity index (χ2n) is 18.8. The van der Waals surface area contributed by atoms with Crippen molar-refractivity contribution in [2.45, 2.75) is 81.7 Å². The molecule has 0 radical (unpaired) electrons. The van der Waals surface area contributed by atoms with Gasteiger partial charge in [0.1, 0.15) is 0 Å². The van der Waals surface area contributed by atoms with Crippen molar-refractivity contribution < 1.29 is 47.2 Å². The van der Waals surface area contributed by atoms with E-state index in [1.807, 2.05) is 0 Å². The summed E-state index contributed by atoms with van der Waals surface area (Å²) in [5.74, 6) is -1.25. The van der Waals surface area contributed by atoms with Gasteiger partial charge in [-0.05, 0) is 0 Å². The summed E-state index contributed by atoms with van der Waals surface area (Å²) in [6.45, 7) is 16.7. The topological polar surface area (TPSA) is 0 Å². The van der Waals surface area contributed by atoms with Gasteiger partial charge in [-0.2, -0.15) is 0 Å². The van der Waals surface area contributed by atoms with Gasteiger partial charge in [0.2, 0.25) is 0 Å². The van der Waals surface area contributed by atoms with Gasteiger partial charge >= 0.3 is 338 Å². The molecule has 0 fully saturated rings. The molecule has 0 heterocycles. The molecular formula is C57H56Cl2SiZr. The Kier molecular flexibility index (Phi) is 13.5. The molecule has 0 aliphatic heterocycles. The van der Waals surface area contributed by atoms with Crippen LogP contribution in [0.2, 0.25) is 0 Å². The second-order valence-corrected chi connectivity index (χ2v) is 29.5. The smallest absolute Gasteiger partial charge is 1.00 e. The van der Waals surface area contributed by atoms with Gasteiger partial charge in [-0.3, -0.25) is 0 Å². The molecule has 0 nitrogen and oxygen atoms in total. The van der Waals surface area contributed by atoms with Crippen molar-refractivity contribution in [3.05, 3.63) is 208 Å². The van der Waals surface area contributed by atoms with E-state index >= 15 is 0 Å². The van der Waals surface area contributed by atoms with E-state index in [1.54, 1.807) is 32.6 Å². The van der Waals surface area contributed by atoms with Crippen molar-refractivity contribution in [2.24, 2.45) is 0 Å². The fraction of sp³-hybridized carbons (Fsp3) is 0.228. The van der Waals surface area contributed by atoms with Crippen LogP contribution >= 0.6 is 0 Å². The predicted octanol–water partition coefficient (Wildman–Crippen LogP) is 7.64. The number of hydrogen-bond acceptors (Lipinski definition) is 0. The molecule has 0 spiro atoms. The molecule has 7 aromatic carbocycles. The first-order chi connectivity index (χ1) is 28.5. The Morgan fingerprint density at radius 3 is 1.64 bits per heavy atom. The van der Waals surface area contributed by atoms with Crippen LogP contribution in [0.4, 0.5) is 0 Å². The first-order valence-corrected chi connectivity index (χ1v) is 29.1. The monoisotopic (exact) mass is 928 g/mol. The Labute approximate surface area is 389 Å². The van der Waals surface area contributed by atoms with Gasteiger partial charge in [0.05, 0.1) is 0 Å². The Hall–Kier alpha value is -4.04. The molecular weight excluding hydrogens is 875 g/mol. The first kappa shape index (κ1) is 45.0. The first-order valence-electron chi connectivity index (χ1n) is 21.7. The van der Waals surface area contributed by atoms with Crippen LogP contribution in [0, 0.1) is 0 Å². The molecule has 2 unspecified atom stereocenters. The summed E-state index contributed by atoms with van der Waals surface area (Å²) in [7, 11) is 0. The molecule has 2 aliphatic carbocycles. The number of fused-ring (bicyclic) bond motifs is 4. The fourth-order valence-electron chi connectivity index (χ4n) is 9.63.